The number of aryl methyl sites for hydroxylation is 1. The Hall–Kier alpha value is -2.53. The molecule has 5 nitrogen and oxygen atoms in total. The van der Waals surface area contributed by atoms with E-state index in [1.54, 1.807) is 6.07 Å². The summed E-state index contributed by atoms with van der Waals surface area (Å²) >= 11 is 0. The molecule has 26 heavy (non-hydrogen) atoms. The van der Waals surface area contributed by atoms with Gasteiger partial charge in [-0.1, -0.05) is 24.3 Å². The van der Waals surface area contributed by atoms with Gasteiger partial charge in [0.1, 0.15) is 6.61 Å². The van der Waals surface area contributed by atoms with Crippen LogP contribution >= 0.6 is 0 Å². The van der Waals surface area contributed by atoms with E-state index in [-0.39, 0.29) is 17.6 Å². The van der Waals surface area contributed by atoms with Gasteiger partial charge in [0.2, 0.25) is 5.91 Å². The van der Waals surface area contributed by atoms with Gasteiger partial charge in [0, 0.05) is 18.7 Å². The molecular weight excluding hydrogens is 330 g/mol. The van der Waals surface area contributed by atoms with Crippen molar-refractivity contribution in [3.63, 3.8) is 0 Å². The van der Waals surface area contributed by atoms with Crippen molar-refractivity contribution in [2.45, 2.75) is 19.9 Å². The van der Waals surface area contributed by atoms with Crippen LogP contribution < -0.4 is 4.74 Å². The molecule has 1 atom stereocenters. The van der Waals surface area contributed by atoms with E-state index < -0.39 is 0 Å². The maximum atomic E-state index is 12.8. The smallest absolute Gasteiger partial charge is 0.228 e. The van der Waals surface area contributed by atoms with Gasteiger partial charge in [0.15, 0.2) is 11.5 Å². The van der Waals surface area contributed by atoms with Crippen LogP contribution in [0.1, 0.15) is 17.5 Å². The monoisotopic (exact) mass is 353 g/mol. The van der Waals surface area contributed by atoms with Gasteiger partial charge in [-0.3, -0.25) is 4.79 Å². The van der Waals surface area contributed by atoms with Crippen molar-refractivity contribution in [2.75, 3.05) is 26.4 Å². The predicted octanol–water partition coefficient (Wildman–Crippen LogP) is 3.13. The third-order valence-corrected chi connectivity index (χ3v) is 5.16. The summed E-state index contributed by atoms with van der Waals surface area (Å²) in [6.45, 7) is 4.53. The first-order chi connectivity index (χ1) is 12.6. The number of aromatic hydroxyl groups is 1. The van der Waals surface area contributed by atoms with Gasteiger partial charge in [-0.25, -0.2) is 0 Å². The van der Waals surface area contributed by atoms with Crippen molar-refractivity contribution in [3.8, 4) is 22.6 Å². The lowest BCUT2D eigenvalue weighted by Gasteiger charge is -2.23. The normalized spacial score (nSPS) is 19.6. The van der Waals surface area contributed by atoms with E-state index in [1.165, 1.54) is 0 Å². The van der Waals surface area contributed by atoms with Crippen molar-refractivity contribution < 1.29 is 19.4 Å². The number of carbonyl (C=O) groups excluding carboxylic acids is 1. The number of phenolic OH excluding ortho intramolecular Hbond substituents is 1. The Morgan fingerprint density at radius 3 is 2.85 bits per heavy atom. The molecule has 2 heterocycles. The molecule has 1 saturated heterocycles. The lowest BCUT2D eigenvalue weighted by Crippen LogP contribution is -2.37. The number of fused-ring (bicyclic) bond motifs is 1. The molecule has 2 aromatic carbocycles. The average molecular weight is 353 g/mol. The van der Waals surface area contributed by atoms with E-state index in [0.717, 1.165) is 28.7 Å². The van der Waals surface area contributed by atoms with Crippen molar-refractivity contribution >= 4 is 5.91 Å². The summed E-state index contributed by atoms with van der Waals surface area (Å²) in [5.41, 5.74) is 3.98. The second-order valence-corrected chi connectivity index (χ2v) is 6.97. The predicted molar refractivity (Wildman–Crippen MR) is 98.1 cm³/mol. The molecule has 0 radical (unpaired) electrons. The van der Waals surface area contributed by atoms with Crippen molar-refractivity contribution in [1.82, 2.24) is 4.90 Å². The maximum Gasteiger partial charge on any atom is 0.228 e. The summed E-state index contributed by atoms with van der Waals surface area (Å²) in [6.07, 6.45) is 0.775. The summed E-state index contributed by atoms with van der Waals surface area (Å²) in [5, 5.41) is 10.5. The zero-order chi connectivity index (χ0) is 18.1. The van der Waals surface area contributed by atoms with Crippen LogP contribution in [0.15, 0.2) is 36.4 Å². The van der Waals surface area contributed by atoms with Crippen molar-refractivity contribution in [3.05, 3.63) is 47.5 Å². The molecule has 4 rings (SSSR count). The molecule has 0 saturated carbocycles. The summed E-state index contributed by atoms with van der Waals surface area (Å²) in [4.78, 5) is 14.6. The van der Waals surface area contributed by atoms with Crippen LogP contribution in [0.2, 0.25) is 0 Å². The lowest BCUT2D eigenvalue weighted by molar-refractivity contribution is -0.136. The SMILES string of the molecule is Cc1ccccc1-c1cc(O)c2c(c1)CN(C(=O)C1CCOC1)CCO2. The summed E-state index contributed by atoms with van der Waals surface area (Å²) < 4.78 is 11.1. The Bertz CT molecular complexity index is 827. The number of hydrogen-bond acceptors (Lipinski definition) is 4. The van der Waals surface area contributed by atoms with Crippen molar-refractivity contribution in [2.24, 2.45) is 5.92 Å². The molecule has 1 unspecified atom stereocenters. The Labute approximate surface area is 153 Å². The average Bonchev–Trinajstić information content (AvgIpc) is 3.08. The van der Waals surface area contributed by atoms with E-state index in [9.17, 15) is 9.90 Å². The number of carbonyl (C=O) groups is 1. The number of nitrogens with zero attached hydrogens (tertiary/aromatic N) is 1. The van der Waals surface area contributed by atoms with Crippen LogP contribution in [0.3, 0.4) is 0 Å². The Balaban J connectivity index is 1.68. The highest BCUT2D eigenvalue weighted by Gasteiger charge is 2.30. The molecule has 0 bridgehead atoms. The van der Waals surface area contributed by atoms with Gasteiger partial charge >= 0.3 is 0 Å². The number of rotatable bonds is 2. The summed E-state index contributed by atoms with van der Waals surface area (Å²) in [6, 6.07) is 11.8. The fourth-order valence-electron chi connectivity index (χ4n) is 3.73. The number of benzene rings is 2. The van der Waals surface area contributed by atoms with Crippen LogP contribution in [-0.4, -0.2) is 42.3 Å². The molecule has 1 fully saturated rings. The number of ether oxygens (including phenoxy) is 2. The van der Waals surface area contributed by atoms with E-state index in [0.29, 0.717) is 38.7 Å². The topological polar surface area (TPSA) is 59.0 Å². The van der Waals surface area contributed by atoms with Crippen LogP contribution in [0.25, 0.3) is 11.1 Å². The Morgan fingerprint density at radius 1 is 1.23 bits per heavy atom. The van der Waals surface area contributed by atoms with Gasteiger partial charge in [0.25, 0.3) is 0 Å². The molecule has 0 spiro atoms. The van der Waals surface area contributed by atoms with Gasteiger partial charge in [-0.05, 0) is 42.2 Å². The number of phenols is 1. The molecule has 1 amide bonds. The summed E-state index contributed by atoms with van der Waals surface area (Å²) in [5.74, 6) is 0.656. The Kier molecular flexibility index (Phi) is 4.55. The minimum atomic E-state index is -0.0651. The molecule has 5 heteroatoms. The third-order valence-electron chi connectivity index (χ3n) is 5.16. The zero-order valence-electron chi connectivity index (χ0n) is 14.9. The third kappa shape index (κ3) is 3.15. The molecule has 1 N–H and O–H groups in total. The van der Waals surface area contributed by atoms with Crippen LogP contribution in [0.5, 0.6) is 11.5 Å². The van der Waals surface area contributed by atoms with E-state index in [2.05, 4.69) is 0 Å². The molecule has 2 aliphatic rings. The summed E-state index contributed by atoms with van der Waals surface area (Å²) in [7, 11) is 0. The van der Waals surface area contributed by atoms with E-state index in [4.69, 9.17) is 9.47 Å². The van der Waals surface area contributed by atoms with Crippen molar-refractivity contribution in [1.29, 1.82) is 0 Å². The minimum absolute atomic E-state index is 0.0651. The molecule has 0 aliphatic carbocycles. The molecule has 2 aromatic rings. The lowest BCUT2D eigenvalue weighted by atomic mass is 9.97. The highest BCUT2D eigenvalue weighted by Crippen LogP contribution is 2.38. The fourth-order valence-corrected chi connectivity index (χ4v) is 3.73. The highest BCUT2D eigenvalue weighted by molar-refractivity contribution is 5.80. The Morgan fingerprint density at radius 2 is 2.08 bits per heavy atom. The van der Waals surface area contributed by atoms with Crippen LogP contribution in [0.4, 0.5) is 0 Å². The van der Waals surface area contributed by atoms with Gasteiger partial charge in [-0.15, -0.1) is 0 Å². The minimum Gasteiger partial charge on any atom is -0.504 e. The largest absolute Gasteiger partial charge is 0.504 e. The second-order valence-electron chi connectivity index (χ2n) is 6.97. The van der Waals surface area contributed by atoms with E-state index in [1.807, 2.05) is 42.2 Å². The van der Waals surface area contributed by atoms with Gasteiger partial charge < -0.3 is 19.5 Å². The first kappa shape index (κ1) is 16.9. The fraction of sp³-hybridized carbons (Fsp3) is 0.381. The maximum absolute atomic E-state index is 12.8. The first-order valence-electron chi connectivity index (χ1n) is 9.04. The molecule has 0 aromatic heterocycles. The van der Waals surface area contributed by atoms with Gasteiger partial charge in [0.05, 0.1) is 19.1 Å². The van der Waals surface area contributed by atoms with Crippen LogP contribution in [-0.2, 0) is 16.1 Å². The first-order valence-corrected chi connectivity index (χ1v) is 9.04. The molecule has 136 valence electrons. The second kappa shape index (κ2) is 7.00. The molecular formula is C21H23NO4. The standard InChI is InChI=1S/C21H23NO4/c1-14-4-2-3-5-18(14)16-10-17-12-22(21(24)15-6-8-25-13-15)7-9-26-20(17)19(23)11-16/h2-5,10-11,15,23H,6-9,12-13H2,1H3. The van der Waals surface area contributed by atoms with Crippen LogP contribution in [0, 0.1) is 12.8 Å². The van der Waals surface area contributed by atoms with E-state index >= 15 is 0 Å². The quantitative estimate of drug-likeness (QED) is 0.901. The molecule has 2 aliphatic heterocycles. The number of hydrogen-bond donors (Lipinski definition) is 1. The zero-order valence-corrected chi connectivity index (χ0v) is 14.9. The number of amides is 1. The van der Waals surface area contributed by atoms with Gasteiger partial charge in [-0.2, -0.15) is 0 Å². The highest BCUT2D eigenvalue weighted by atomic mass is 16.5.